The fourth-order valence-electron chi connectivity index (χ4n) is 3.25. The quantitative estimate of drug-likeness (QED) is 0.842. The molecule has 2 fully saturated rings. The second-order valence-electron chi connectivity index (χ2n) is 6.53. The Morgan fingerprint density at radius 2 is 1.86 bits per heavy atom. The first-order chi connectivity index (χ1) is 10.7. The summed E-state index contributed by atoms with van der Waals surface area (Å²) in [5.41, 5.74) is 1.24. The summed E-state index contributed by atoms with van der Waals surface area (Å²) in [4.78, 5) is 14.6. The number of methoxy groups -OCH3 is 1. The first kappa shape index (κ1) is 15.3. The number of rotatable bonds is 7. The highest BCUT2D eigenvalue weighted by atomic mass is 16.5. The molecule has 0 saturated heterocycles. The van der Waals surface area contributed by atoms with E-state index in [1.165, 1.54) is 31.2 Å². The predicted molar refractivity (Wildman–Crippen MR) is 86.8 cm³/mol. The van der Waals surface area contributed by atoms with E-state index in [1.807, 2.05) is 12.1 Å². The van der Waals surface area contributed by atoms with Crippen LogP contribution in [0.25, 0.3) is 0 Å². The predicted octanol–water partition coefficient (Wildman–Crippen LogP) is 2.72. The Labute approximate surface area is 132 Å². The van der Waals surface area contributed by atoms with Crippen molar-refractivity contribution < 1.29 is 9.53 Å². The summed E-state index contributed by atoms with van der Waals surface area (Å²) in [7, 11) is 1.68. The Bertz CT molecular complexity index is 490. The molecule has 1 N–H and O–H groups in total. The van der Waals surface area contributed by atoms with E-state index in [2.05, 4.69) is 22.3 Å². The van der Waals surface area contributed by atoms with Crippen molar-refractivity contribution >= 4 is 5.91 Å². The van der Waals surface area contributed by atoms with Crippen LogP contribution in [0.1, 0.15) is 44.1 Å². The van der Waals surface area contributed by atoms with Crippen molar-refractivity contribution in [2.75, 3.05) is 13.7 Å². The van der Waals surface area contributed by atoms with E-state index in [9.17, 15) is 4.79 Å². The van der Waals surface area contributed by atoms with E-state index in [-0.39, 0.29) is 5.91 Å². The van der Waals surface area contributed by atoms with Gasteiger partial charge in [0.05, 0.1) is 13.7 Å². The van der Waals surface area contributed by atoms with Gasteiger partial charge in [-0.2, -0.15) is 0 Å². The van der Waals surface area contributed by atoms with Crippen molar-refractivity contribution in [2.24, 2.45) is 0 Å². The van der Waals surface area contributed by atoms with Crippen LogP contribution in [0.2, 0.25) is 0 Å². The van der Waals surface area contributed by atoms with Gasteiger partial charge in [0.2, 0.25) is 5.91 Å². The first-order valence-corrected chi connectivity index (χ1v) is 8.41. The smallest absolute Gasteiger partial charge is 0.234 e. The standard InChI is InChI=1S/C18H26N2O2/c1-22-17-10-6-14(7-11-17)12-20(16-8-9-16)13-18(21)19-15-4-2-3-5-15/h6-7,10-11,15-16H,2-5,8-9,12-13H2,1H3,(H,19,21). The lowest BCUT2D eigenvalue weighted by Crippen LogP contribution is -2.41. The van der Waals surface area contributed by atoms with E-state index in [0.29, 0.717) is 18.6 Å². The molecule has 2 saturated carbocycles. The number of benzene rings is 1. The molecule has 0 aromatic heterocycles. The van der Waals surface area contributed by atoms with Gasteiger partial charge in [0.25, 0.3) is 0 Å². The fourth-order valence-corrected chi connectivity index (χ4v) is 3.25. The highest BCUT2D eigenvalue weighted by molar-refractivity contribution is 5.78. The molecular weight excluding hydrogens is 276 g/mol. The van der Waals surface area contributed by atoms with Crippen molar-refractivity contribution in [2.45, 2.75) is 57.2 Å². The molecule has 2 aliphatic rings. The lowest BCUT2D eigenvalue weighted by Gasteiger charge is -2.23. The molecule has 0 atom stereocenters. The number of nitrogens with one attached hydrogen (secondary N) is 1. The summed E-state index contributed by atoms with van der Waals surface area (Å²) in [6.45, 7) is 1.36. The summed E-state index contributed by atoms with van der Waals surface area (Å²) in [5, 5.41) is 3.20. The topological polar surface area (TPSA) is 41.6 Å². The highest BCUT2D eigenvalue weighted by Crippen LogP contribution is 2.28. The van der Waals surface area contributed by atoms with E-state index in [1.54, 1.807) is 7.11 Å². The summed E-state index contributed by atoms with van der Waals surface area (Å²) < 4.78 is 5.20. The van der Waals surface area contributed by atoms with Crippen LogP contribution in [0.4, 0.5) is 0 Å². The number of hydrogen-bond acceptors (Lipinski definition) is 3. The fraction of sp³-hybridized carbons (Fsp3) is 0.611. The van der Waals surface area contributed by atoms with Crippen molar-refractivity contribution in [1.29, 1.82) is 0 Å². The molecular formula is C18H26N2O2. The molecule has 4 heteroatoms. The molecule has 1 aromatic carbocycles. The molecule has 0 heterocycles. The molecule has 0 bridgehead atoms. The minimum Gasteiger partial charge on any atom is -0.497 e. The van der Waals surface area contributed by atoms with Crippen LogP contribution in [-0.2, 0) is 11.3 Å². The van der Waals surface area contributed by atoms with Gasteiger partial charge in [-0.05, 0) is 43.4 Å². The minimum absolute atomic E-state index is 0.187. The third-order valence-corrected chi connectivity index (χ3v) is 4.67. The monoisotopic (exact) mass is 302 g/mol. The number of ether oxygens (including phenoxy) is 1. The Balaban J connectivity index is 1.54. The summed E-state index contributed by atoms with van der Waals surface area (Å²) >= 11 is 0. The largest absolute Gasteiger partial charge is 0.497 e. The van der Waals surface area contributed by atoms with E-state index >= 15 is 0 Å². The van der Waals surface area contributed by atoms with Gasteiger partial charge in [-0.15, -0.1) is 0 Å². The molecule has 1 amide bonds. The Hall–Kier alpha value is -1.55. The molecule has 0 radical (unpaired) electrons. The average Bonchev–Trinajstić information content (AvgIpc) is 3.26. The molecule has 2 aliphatic carbocycles. The van der Waals surface area contributed by atoms with Crippen LogP contribution < -0.4 is 10.1 Å². The Kier molecular flexibility index (Phi) is 4.98. The van der Waals surface area contributed by atoms with Crippen molar-refractivity contribution in [3.05, 3.63) is 29.8 Å². The lowest BCUT2D eigenvalue weighted by molar-refractivity contribution is -0.123. The zero-order chi connectivity index (χ0) is 15.4. The molecule has 0 spiro atoms. The normalized spacial score (nSPS) is 18.6. The molecule has 0 unspecified atom stereocenters. The van der Waals surface area contributed by atoms with Gasteiger partial charge in [0.1, 0.15) is 5.75 Å². The Morgan fingerprint density at radius 1 is 1.18 bits per heavy atom. The number of nitrogens with zero attached hydrogens (tertiary/aromatic N) is 1. The van der Waals surface area contributed by atoms with Gasteiger partial charge >= 0.3 is 0 Å². The second kappa shape index (κ2) is 7.14. The highest BCUT2D eigenvalue weighted by Gasteiger charge is 2.30. The zero-order valence-electron chi connectivity index (χ0n) is 13.4. The van der Waals surface area contributed by atoms with Crippen LogP contribution in [-0.4, -0.2) is 36.5 Å². The van der Waals surface area contributed by atoms with E-state index in [4.69, 9.17) is 4.74 Å². The molecule has 22 heavy (non-hydrogen) atoms. The molecule has 0 aliphatic heterocycles. The third kappa shape index (κ3) is 4.23. The molecule has 1 aromatic rings. The van der Waals surface area contributed by atoms with Gasteiger partial charge in [-0.25, -0.2) is 0 Å². The van der Waals surface area contributed by atoms with E-state index < -0.39 is 0 Å². The number of carbonyl (C=O) groups excluding carboxylic acids is 1. The maximum Gasteiger partial charge on any atom is 0.234 e. The van der Waals surface area contributed by atoms with Crippen LogP contribution in [0, 0.1) is 0 Å². The van der Waals surface area contributed by atoms with Crippen LogP contribution in [0.5, 0.6) is 5.75 Å². The maximum absolute atomic E-state index is 12.3. The minimum atomic E-state index is 0.187. The van der Waals surface area contributed by atoms with Crippen molar-refractivity contribution in [3.8, 4) is 5.75 Å². The van der Waals surface area contributed by atoms with Crippen molar-refractivity contribution in [1.82, 2.24) is 10.2 Å². The van der Waals surface area contributed by atoms with E-state index in [0.717, 1.165) is 25.1 Å². The third-order valence-electron chi connectivity index (χ3n) is 4.67. The van der Waals surface area contributed by atoms with Gasteiger partial charge in [-0.1, -0.05) is 25.0 Å². The second-order valence-corrected chi connectivity index (χ2v) is 6.53. The summed E-state index contributed by atoms with van der Waals surface area (Å²) in [5.74, 6) is 1.06. The van der Waals surface area contributed by atoms with Gasteiger partial charge < -0.3 is 10.1 Å². The summed E-state index contributed by atoms with van der Waals surface area (Å²) in [6.07, 6.45) is 7.23. The molecule has 120 valence electrons. The molecule has 4 nitrogen and oxygen atoms in total. The van der Waals surface area contributed by atoms with Gasteiger partial charge in [-0.3, -0.25) is 9.69 Å². The van der Waals surface area contributed by atoms with Crippen LogP contribution in [0.3, 0.4) is 0 Å². The zero-order valence-corrected chi connectivity index (χ0v) is 13.4. The summed E-state index contributed by atoms with van der Waals surface area (Å²) in [6, 6.07) is 9.13. The molecule has 3 rings (SSSR count). The SMILES string of the molecule is COc1ccc(CN(CC(=O)NC2CCCC2)C2CC2)cc1. The number of carbonyl (C=O) groups is 1. The van der Waals surface area contributed by atoms with Gasteiger partial charge in [0.15, 0.2) is 0 Å². The Morgan fingerprint density at radius 3 is 2.45 bits per heavy atom. The van der Waals surface area contributed by atoms with Gasteiger partial charge in [0, 0.05) is 18.6 Å². The van der Waals surface area contributed by atoms with Crippen LogP contribution >= 0.6 is 0 Å². The van der Waals surface area contributed by atoms with Crippen LogP contribution in [0.15, 0.2) is 24.3 Å². The maximum atomic E-state index is 12.3. The average molecular weight is 302 g/mol. The first-order valence-electron chi connectivity index (χ1n) is 8.41. The number of amides is 1. The number of hydrogen-bond donors (Lipinski definition) is 1. The lowest BCUT2D eigenvalue weighted by atomic mass is 10.2. The van der Waals surface area contributed by atoms with Crippen molar-refractivity contribution in [3.63, 3.8) is 0 Å².